The molecule has 2 N–H and O–H groups in total. The Kier molecular flexibility index (Phi) is 9.45. The Bertz CT molecular complexity index is 1950. The van der Waals surface area contributed by atoms with E-state index >= 15 is 0 Å². The molecule has 10 nitrogen and oxygen atoms in total. The maximum atomic E-state index is 14.4. The number of anilines is 1. The number of carbonyl (C=O) groups is 1. The van der Waals surface area contributed by atoms with Crippen molar-refractivity contribution in [2.75, 3.05) is 38.3 Å². The van der Waals surface area contributed by atoms with Crippen LogP contribution < -0.4 is 15.0 Å². The first-order valence-electron chi connectivity index (χ1n) is 16.8. The van der Waals surface area contributed by atoms with Gasteiger partial charge in [0.05, 0.1) is 25.6 Å². The first-order valence-corrected chi connectivity index (χ1v) is 16.8. The molecule has 1 saturated heterocycles. The van der Waals surface area contributed by atoms with Crippen LogP contribution in [0.1, 0.15) is 47.3 Å². The van der Waals surface area contributed by atoms with Crippen LogP contribution in [0, 0.1) is 12.7 Å². The summed E-state index contributed by atoms with van der Waals surface area (Å²) in [5, 5.41) is 13.4. The van der Waals surface area contributed by atoms with E-state index in [1.54, 1.807) is 18.2 Å². The third-order valence-corrected chi connectivity index (χ3v) is 9.63. The lowest BCUT2D eigenvalue weighted by Gasteiger charge is -2.35. The largest absolute Gasteiger partial charge is 0.508 e. The molecule has 2 aliphatic rings. The summed E-state index contributed by atoms with van der Waals surface area (Å²) in [5.74, 6) is 0.589. The molecule has 2 aromatic carbocycles. The molecule has 0 unspecified atom stereocenters. The number of nitrogens with zero attached hydrogens (tertiary/aromatic N) is 5. The number of aromatic nitrogens is 3. The zero-order valence-corrected chi connectivity index (χ0v) is 27.8. The SMILES string of the molecule is Cc1cccc2nc(N(C)[C@H]3CC[C@H](NC(=O)c4cc(F)cnc4Oc4cccc(-c5ccc(O)cc5CN5CCOCC5)c4)CC3)cn12. The van der Waals surface area contributed by atoms with Gasteiger partial charge in [-0.3, -0.25) is 9.69 Å². The van der Waals surface area contributed by atoms with E-state index in [0.717, 1.165) is 78.8 Å². The first kappa shape index (κ1) is 32.5. The minimum Gasteiger partial charge on any atom is -0.508 e. The van der Waals surface area contributed by atoms with Crippen LogP contribution in [0.2, 0.25) is 0 Å². The molecule has 254 valence electrons. The third-order valence-electron chi connectivity index (χ3n) is 9.63. The van der Waals surface area contributed by atoms with Gasteiger partial charge in [0.15, 0.2) is 0 Å². The molecule has 0 radical (unpaired) electrons. The number of halogens is 1. The predicted molar refractivity (Wildman–Crippen MR) is 186 cm³/mol. The van der Waals surface area contributed by atoms with Crippen molar-refractivity contribution < 1.29 is 23.8 Å². The molecule has 4 heterocycles. The highest BCUT2D eigenvalue weighted by Crippen LogP contribution is 2.33. The van der Waals surface area contributed by atoms with Crippen molar-refractivity contribution in [2.24, 2.45) is 0 Å². The molecular weight excluding hydrogens is 623 g/mol. The van der Waals surface area contributed by atoms with Gasteiger partial charge < -0.3 is 29.2 Å². The number of aryl methyl sites for hydroxylation is 1. The minimum absolute atomic E-state index is 0.0332. The highest BCUT2D eigenvalue weighted by molar-refractivity contribution is 5.96. The number of fused-ring (bicyclic) bond motifs is 1. The molecule has 1 aliphatic carbocycles. The average Bonchev–Trinajstić information content (AvgIpc) is 3.56. The number of aromatic hydroxyl groups is 1. The van der Waals surface area contributed by atoms with Crippen LogP contribution in [0.25, 0.3) is 16.8 Å². The Morgan fingerprint density at radius 2 is 1.86 bits per heavy atom. The number of hydrogen-bond donors (Lipinski definition) is 2. The molecule has 0 atom stereocenters. The van der Waals surface area contributed by atoms with Crippen molar-refractivity contribution in [3.05, 3.63) is 102 Å². The van der Waals surface area contributed by atoms with E-state index in [2.05, 4.69) is 50.7 Å². The molecule has 2 fully saturated rings. The van der Waals surface area contributed by atoms with Crippen LogP contribution in [0.3, 0.4) is 0 Å². The van der Waals surface area contributed by atoms with Crippen molar-refractivity contribution in [1.29, 1.82) is 0 Å². The molecule has 0 bridgehead atoms. The first-order chi connectivity index (χ1) is 23.8. The molecule has 11 heteroatoms. The molecule has 0 spiro atoms. The molecule has 7 rings (SSSR count). The van der Waals surface area contributed by atoms with Gasteiger partial charge in [-0.15, -0.1) is 0 Å². The number of nitrogens with one attached hydrogen (secondary N) is 1. The Morgan fingerprint density at radius 1 is 1.06 bits per heavy atom. The van der Waals surface area contributed by atoms with Crippen LogP contribution in [0.4, 0.5) is 10.2 Å². The van der Waals surface area contributed by atoms with E-state index in [-0.39, 0.29) is 23.2 Å². The van der Waals surface area contributed by atoms with Crippen molar-refractivity contribution in [3.63, 3.8) is 0 Å². The van der Waals surface area contributed by atoms with E-state index in [4.69, 9.17) is 14.5 Å². The number of benzene rings is 2. The fraction of sp³-hybridized carbons (Fsp3) is 0.342. The van der Waals surface area contributed by atoms with Crippen LogP contribution in [0.5, 0.6) is 17.4 Å². The Morgan fingerprint density at radius 3 is 2.65 bits per heavy atom. The molecule has 3 aromatic heterocycles. The normalized spacial score (nSPS) is 18.3. The van der Waals surface area contributed by atoms with E-state index in [9.17, 15) is 14.3 Å². The second-order valence-corrected chi connectivity index (χ2v) is 13.0. The third kappa shape index (κ3) is 7.38. The Balaban J connectivity index is 1.02. The number of rotatable bonds is 9. The maximum Gasteiger partial charge on any atom is 0.257 e. The van der Waals surface area contributed by atoms with E-state index in [0.29, 0.717) is 31.5 Å². The van der Waals surface area contributed by atoms with Gasteiger partial charge in [-0.1, -0.05) is 24.3 Å². The lowest BCUT2D eigenvalue weighted by atomic mass is 9.90. The van der Waals surface area contributed by atoms with E-state index in [1.807, 2.05) is 36.4 Å². The van der Waals surface area contributed by atoms with Crippen LogP contribution in [0.15, 0.2) is 79.1 Å². The molecular formula is C38H41FN6O4. The molecule has 5 aromatic rings. The second kappa shape index (κ2) is 14.2. The summed E-state index contributed by atoms with van der Waals surface area (Å²) in [7, 11) is 2.07. The standard InChI is InChI=1S/C38H41FN6O4/c1-25-5-3-8-35-42-36(24-45(25)35)43(2)30-11-9-29(10-12-30)41-37(47)34-21-28(39)22-40-38(34)49-32-7-4-6-26(20-32)33-14-13-31(46)19-27(33)23-44-15-17-48-18-16-44/h3-8,13-14,19-22,24,29-30,46H,9-12,15-18,23H2,1-2H3,(H,41,47)/t29-,30-. The molecule has 1 amide bonds. The van der Waals surface area contributed by atoms with Crippen molar-refractivity contribution in [2.45, 2.75) is 51.2 Å². The molecule has 49 heavy (non-hydrogen) atoms. The smallest absolute Gasteiger partial charge is 0.257 e. The minimum atomic E-state index is -0.615. The summed E-state index contributed by atoms with van der Waals surface area (Å²) in [4.78, 5) is 27.0. The van der Waals surface area contributed by atoms with Gasteiger partial charge in [-0.2, -0.15) is 0 Å². The maximum absolute atomic E-state index is 14.4. The van der Waals surface area contributed by atoms with Gasteiger partial charge in [0.2, 0.25) is 5.88 Å². The predicted octanol–water partition coefficient (Wildman–Crippen LogP) is 6.35. The summed E-state index contributed by atoms with van der Waals surface area (Å²) in [5.41, 5.74) is 4.91. The van der Waals surface area contributed by atoms with Gasteiger partial charge in [0, 0.05) is 44.5 Å². The zero-order chi connectivity index (χ0) is 33.9. The number of morpholine rings is 1. The van der Waals surface area contributed by atoms with Crippen molar-refractivity contribution >= 4 is 17.4 Å². The quantitative estimate of drug-likeness (QED) is 0.188. The van der Waals surface area contributed by atoms with E-state index < -0.39 is 11.7 Å². The number of phenolic OH excluding ortho intramolecular Hbond substituents is 1. The van der Waals surface area contributed by atoms with Crippen molar-refractivity contribution in [3.8, 4) is 28.5 Å². The fourth-order valence-corrected chi connectivity index (χ4v) is 6.87. The van der Waals surface area contributed by atoms with Gasteiger partial charge in [0.25, 0.3) is 5.91 Å². The Hall–Kier alpha value is -5.00. The highest BCUT2D eigenvalue weighted by Gasteiger charge is 2.28. The number of phenols is 1. The van der Waals surface area contributed by atoms with Crippen molar-refractivity contribution in [1.82, 2.24) is 24.6 Å². The molecule has 1 saturated carbocycles. The topological polar surface area (TPSA) is 104 Å². The highest BCUT2D eigenvalue weighted by atomic mass is 19.1. The lowest BCUT2D eigenvalue weighted by molar-refractivity contribution is 0.0342. The van der Waals surface area contributed by atoms with Crippen LogP contribution in [-0.2, 0) is 11.3 Å². The second-order valence-electron chi connectivity index (χ2n) is 13.0. The van der Waals surface area contributed by atoms with Crippen LogP contribution in [-0.4, -0.2) is 75.7 Å². The number of amides is 1. The molecule has 1 aliphatic heterocycles. The fourth-order valence-electron chi connectivity index (χ4n) is 6.87. The summed E-state index contributed by atoms with van der Waals surface area (Å²) in [6.07, 6.45) is 6.47. The van der Waals surface area contributed by atoms with Gasteiger partial charge in [-0.05, 0) is 91.8 Å². The lowest BCUT2D eigenvalue weighted by Crippen LogP contribution is -2.43. The summed E-state index contributed by atoms with van der Waals surface area (Å²) in [6.45, 7) is 5.73. The van der Waals surface area contributed by atoms with Gasteiger partial charge in [-0.25, -0.2) is 14.4 Å². The van der Waals surface area contributed by atoms with Gasteiger partial charge in [0.1, 0.15) is 34.3 Å². The number of pyridine rings is 2. The average molecular weight is 665 g/mol. The summed E-state index contributed by atoms with van der Waals surface area (Å²) < 4.78 is 28.2. The van der Waals surface area contributed by atoms with E-state index in [1.165, 1.54) is 6.07 Å². The summed E-state index contributed by atoms with van der Waals surface area (Å²) >= 11 is 0. The van der Waals surface area contributed by atoms with Gasteiger partial charge >= 0.3 is 0 Å². The number of carbonyl (C=O) groups excluding carboxylic acids is 1. The summed E-state index contributed by atoms with van der Waals surface area (Å²) in [6, 6.07) is 20.3. The number of ether oxygens (including phenoxy) is 2. The zero-order valence-electron chi connectivity index (χ0n) is 27.8. The number of hydrogen-bond acceptors (Lipinski definition) is 8. The monoisotopic (exact) mass is 664 g/mol. The van der Waals surface area contributed by atoms with Crippen LogP contribution >= 0.6 is 0 Å². The Labute approximate surface area is 285 Å². The number of imidazole rings is 1.